The lowest BCUT2D eigenvalue weighted by Crippen LogP contribution is -2.05. The smallest absolute Gasteiger partial charge is 0.162 e. The van der Waals surface area contributed by atoms with Crippen LogP contribution in [0, 0.1) is 11.6 Å². The molecule has 110 valence electrons. The van der Waals surface area contributed by atoms with E-state index >= 15 is 0 Å². The molecule has 0 fully saturated rings. The fraction of sp³-hybridized carbons (Fsp3) is 0.294. The van der Waals surface area contributed by atoms with Gasteiger partial charge in [-0.05, 0) is 42.2 Å². The minimum absolute atomic E-state index is 0.171. The lowest BCUT2D eigenvalue weighted by Gasteiger charge is -2.12. The average Bonchev–Trinajstić information content (AvgIpc) is 2.82. The summed E-state index contributed by atoms with van der Waals surface area (Å²) in [5.74, 6) is -0.777. The van der Waals surface area contributed by atoms with Crippen molar-refractivity contribution >= 4 is 11.6 Å². The third-order valence-electron chi connectivity index (χ3n) is 3.71. The molecule has 0 spiro atoms. The lowest BCUT2D eigenvalue weighted by atomic mass is 10.00. The number of ether oxygens (including phenoxy) is 1. The number of hydrogen-bond acceptors (Lipinski definition) is 1. The third-order valence-corrected chi connectivity index (χ3v) is 4.12. The summed E-state index contributed by atoms with van der Waals surface area (Å²) in [6, 6.07) is 9.93. The molecular weight excluding hydrogens is 294 g/mol. The molecule has 0 bridgehead atoms. The second-order valence-corrected chi connectivity index (χ2v) is 5.91. The minimum atomic E-state index is -0.840. The first-order valence-electron chi connectivity index (χ1n) is 6.91. The van der Waals surface area contributed by atoms with Crippen LogP contribution >= 0.6 is 11.6 Å². The van der Waals surface area contributed by atoms with E-state index in [1.54, 1.807) is 6.07 Å². The molecule has 4 heteroatoms. The Kier molecular flexibility index (Phi) is 3.85. The van der Waals surface area contributed by atoms with E-state index in [0.717, 1.165) is 29.4 Å². The van der Waals surface area contributed by atoms with E-state index < -0.39 is 17.0 Å². The maximum absolute atomic E-state index is 13.7. The highest BCUT2D eigenvalue weighted by molar-refractivity contribution is 6.20. The van der Waals surface area contributed by atoms with E-state index in [0.29, 0.717) is 5.56 Å². The summed E-state index contributed by atoms with van der Waals surface area (Å²) in [7, 11) is 0. The van der Waals surface area contributed by atoms with Crippen molar-refractivity contribution in [2.24, 2.45) is 0 Å². The maximum Gasteiger partial charge on any atom is 0.162 e. The SMILES string of the molecule is CC1Cc2cc(C(Cl)Cc3cccc(F)c3F)ccc2O1. The van der Waals surface area contributed by atoms with Crippen LogP contribution < -0.4 is 4.74 Å². The van der Waals surface area contributed by atoms with Gasteiger partial charge in [0.25, 0.3) is 0 Å². The quantitative estimate of drug-likeness (QED) is 0.739. The molecule has 2 atom stereocenters. The highest BCUT2D eigenvalue weighted by Gasteiger charge is 2.21. The van der Waals surface area contributed by atoms with Gasteiger partial charge in [-0.15, -0.1) is 11.6 Å². The van der Waals surface area contributed by atoms with E-state index in [1.807, 2.05) is 25.1 Å². The summed E-state index contributed by atoms with van der Waals surface area (Å²) < 4.78 is 32.6. The Balaban J connectivity index is 1.81. The topological polar surface area (TPSA) is 9.23 Å². The van der Waals surface area contributed by atoms with E-state index in [1.165, 1.54) is 6.07 Å². The standard InChI is InChI=1S/C17H15ClF2O/c1-10-7-13-8-11(5-6-16(13)21-10)14(18)9-12-3-2-4-15(19)17(12)20/h2-6,8,10,14H,7,9H2,1H3. The van der Waals surface area contributed by atoms with Gasteiger partial charge in [0.05, 0.1) is 5.38 Å². The fourth-order valence-corrected chi connectivity index (χ4v) is 2.96. The minimum Gasteiger partial charge on any atom is -0.490 e. The highest BCUT2D eigenvalue weighted by Crippen LogP contribution is 2.34. The van der Waals surface area contributed by atoms with Gasteiger partial charge in [-0.2, -0.15) is 0 Å². The highest BCUT2D eigenvalue weighted by atomic mass is 35.5. The van der Waals surface area contributed by atoms with Gasteiger partial charge >= 0.3 is 0 Å². The Morgan fingerprint density at radius 3 is 2.90 bits per heavy atom. The van der Waals surface area contributed by atoms with E-state index in [2.05, 4.69) is 0 Å². The summed E-state index contributed by atoms with van der Waals surface area (Å²) in [5, 5.41) is -0.400. The average molecular weight is 309 g/mol. The number of halogens is 3. The molecule has 3 rings (SSSR count). The first-order chi connectivity index (χ1) is 10.0. The molecule has 0 aromatic heterocycles. The van der Waals surface area contributed by atoms with Crippen LogP contribution in [0.4, 0.5) is 8.78 Å². The van der Waals surface area contributed by atoms with Gasteiger partial charge in [0.1, 0.15) is 11.9 Å². The second kappa shape index (κ2) is 5.64. The Morgan fingerprint density at radius 2 is 2.10 bits per heavy atom. The van der Waals surface area contributed by atoms with Crippen molar-refractivity contribution in [3.63, 3.8) is 0 Å². The van der Waals surface area contributed by atoms with Gasteiger partial charge in [-0.3, -0.25) is 0 Å². The molecule has 2 aromatic rings. The summed E-state index contributed by atoms with van der Waals surface area (Å²) in [4.78, 5) is 0. The molecule has 1 nitrogen and oxygen atoms in total. The van der Waals surface area contributed by atoms with Crippen molar-refractivity contribution in [1.29, 1.82) is 0 Å². The van der Waals surface area contributed by atoms with E-state index in [4.69, 9.17) is 16.3 Å². The van der Waals surface area contributed by atoms with Crippen molar-refractivity contribution in [2.45, 2.75) is 31.2 Å². The number of benzene rings is 2. The van der Waals surface area contributed by atoms with Crippen LogP contribution in [0.5, 0.6) is 5.75 Å². The molecule has 0 N–H and O–H groups in total. The van der Waals surface area contributed by atoms with Crippen molar-refractivity contribution < 1.29 is 13.5 Å². The molecule has 0 amide bonds. The van der Waals surface area contributed by atoms with E-state index in [9.17, 15) is 8.78 Å². The molecule has 2 unspecified atom stereocenters. The Bertz CT molecular complexity index is 672. The largest absolute Gasteiger partial charge is 0.490 e. The van der Waals surface area contributed by atoms with Crippen LogP contribution in [0.1, 0.15) is 29.0 Å². The van der Waals surface area contributed by atoms with Crippen molar-refractivity contribution in [3.8, 4) is 5.75 Å². The monoisotopic (exact) mass is 308 g/mol. The fourth-order valence-electron chi connectivity index (χ4n) is 2.65. The van der Waals surface area contributed by atoms with Crippen LogP contribution in [0.25, 0.3) is 0 Å². The van der Waals surface area contributed by atoms with Crippen LogP contribution in [-0.2, 0) is 12.8 Å². The molecule has 0 saturated heterocycles. The molecule has 0 saturated carbocycles. The van der Waals surface area contributed by atoms with Gasteiger partial charge < -0.3 is 4.74 Å². The Hall–Kier alpha value is -1.61. The zero-order chi connectivity index (χ0) is 15.0. The molecule has 0 radical (unpaired) electrons. The van der Waals surface area contributed by atoms with Crippen LogP contribution in [0.2, 0.25) is 0 Å². The lowest BCUT2D eigenvalue weighted by molar-refractivity contribution is 0.254. The predicted molar refractivity (Wildman–Crippen MR) is 78.9 cm³/mol. The summed E-state index contributed by atoms with van der Waals surface area (Å²) in [6.07, 6.45) is 1.27. The van der Waals surface area contributed by atoms with Crippen molar-refractivity contribution in [2.75, 3.05) is 0 Å². The first kappa shape index (κ1) is 14.3. The van der Waals surface area contributed by atoms with Crippen molar-refractivity contribution in [1.82, 2.24) is 0 Å². The van der Waals surface area contributed by atoms with E-state index in [-0.39, 0.29) is 12.5 Å². The van der Waals surface area contributed by atoms with Gasteiger partial charge in [-0.25, -0.2) is 8.78 Å². The predicted octanol–water partition coefficient (Wildman–Crippen LogP) is 4.81. The zero-order valence-electron chi connectivity index (χ0n) is 11.6. The molecule has 1 heterocycles. The molecule has 1 aliphatic heterocycles. The van der Waals surface area contributed by atoms with Gasteiger partial charge in [0.15, 0.2) is 11.6 Å². The molecule has 0 aliphatic carbocycles. The second-order valence-electron chi connectivity index (χ2n) is 5.38. The molecular formula is C17H15ClF2O. The first-order valence-corrected chi connectivity index (χ1v) is 7.34. The number of fused-ring (bicyclic) bond motifs is 1. The summed E-state index contributed by atoms with van der Waals surface area (Å²) >= 11 is 6.37. The van der Waals surface area contributed by atoms with Crippen LogP contribution in [-0.4, -0.2) is 6.10 Å². The van der Waals surface area contributed by atoms with Crippen molar-refractivity contribution in [3.05, 3.63) is 64.7 Å². The van der Waals surface area contributed by atoms with Gasteiger partial charge in [0.2, 0.25) is 0 Å². The van der Waals surface area contributed by atoms with Crippen LogP contribution in [0.3, 0.4) is 0 Å². The van der Waals surface area contributed by atoms with Crippen LogP contribution in [0.15, 0.2) is 36.4 Å². The maximum atomic E-state index is 13.7. The van der Waals surface area contributed by atoms with Gasteiger partial charge in [-0.1, -0.05) is 24.3 Å². The normalized spacial score (nSPS) is 18.2. The Labute approximate surface area is 127 Å². The number of hydrogen-bond donors (Lipinski definition) is 0. The van der Waals surface area contributed by atoms with Gasteiger partial charge in [0, 0.05) is 6.42 Å². The molecule has 1 aliphatic rings. The third kappa shape index (κ3) is 2.88. The number of rotatable bonds is 3. The Morgan fingerprint density at radius 1 is 1.29 bits per heavy atom. The number of alkyl halides is 1. The molecule has 21 heavy (non-hydrogen) atoms. The zero-order valence-corrected chi connectivity index (χ0v) is 12.3. The summed E-state index contributed by atoms with van der Waals surface area (Å²) in [5.41, 5.74) is 2.31. The molecule has 2 aromatic carbocycles. The summed E-state index contributed by atoms with van der Waals surface area (Å²) in [6.45, 7) is 2.01.